The molecular weight excluding hydrogens is 484 g/mol. The fourth-order valence-corrected chi connectivity index (χ4v) is 5.41. The number of anilines is 1. The second-order valence-electron chi connectivity index (χ2n) is 10.3. The Bertz CT molecular complexity index is 838. The lowest BCUT2D eigenvalue weighted by Gasteiger charge is -2.09. The molecule has 0 bridgehead atoms. The molecular formula is C30H52N2O4S. The van der Waals surface area contributed by atoms with E-state index in [2.05, 4.69) is 23.9 Å². The van der Waals surface area contributed by atoms with Crippen molar-refractivity contribution in [3.05, 3.63) is 24.3 Å². The number of nitrogens with one attached hydrogen (secondary N) is 2. The second-order valence-corrected chi connectivity index (χ2v) is 11.9. The van der Waals surface area contributed by atoms with Gasteiger partial charge in [0.15, 0.2) is 0 Å². The molecule has 1 rings (SSSR count). The van der Waals surface area contributed by atoms with Crippen LogP contribution in [0.2, 0.25) is 0 Å². The quantitative estimate of drug-likeness (QED) is 0.138. The predicted molar refractivity (Wildman–Crippen MR) is 154 cm³/mol. The van der Waals surface area contributed by atoms with E-state index in [1.807, 2.05) is 0 Å². The van der Waals surface area contributed by atoms with Crippen LogP contribution in [-0.4, -0.2) is 20.2 Å². The Morgan fingerprint density at radius 2 is 0.946 bits per heavy atom. The van der Waals surface area contributed by atoms with Gasteiger partial charge in [0.05, 0.1) is 4.90 Å². The summed E-state index contributed by atoms with van der Waals surface area (Å²) < 4.78 is 27.2. The van der Waals surface area contributed by atoms with E-state index in [0.717, 1.165) is 32.1 Å². The number of sulfonamides is 1. The average Bonchev–Trinajstić information content (AvgIpc) is 2.87. The smallest absolute Gasteiger partial charge is 0.264 e. The average molecular weight is 537 g/mol. The van der Waals surface area contributed by atoms with Crippen LogP contribution in [0.3, 0.4) is 0 Å². The normalized spacial score (nSPS) is 11.4. The lowest BCUT2D eigenvalue weighted by atomic mass is 10.1. The van der Waals surface area contributed by atoms with Gasteiger partial charge in [-0.25, -0.2) is 13.1 Å². The Kier molecular flexibility index (Phi) is 18.9. The molecule has 0 aromatic heterocycles. The summed E-state index contributed by atoms with van der Waals surface area (Å²) in [4.78, 5) is 24.3. The zero-order valence-electron chi connectivity index (χ0n) is 23.5. The lowest BCUT2D eigenvalue weighted by molar-refractivity contribution is -0.119. The SMILES string of the molecule is CCCCCCCCCCCC(=O)Nc1ccc(S(=O)(=O)NC(=O)CCCCCCCCCCC)cc1. The topological polar surface area (TPSA) is 92.3 Å². The van der Waals surface area contributed by atoms with Gasteiger partial charge in [-0.1, -0.05) is 117 Å². The van der Waals surface area contributed by atoms with Gasteiger partial charge in [0.2, 0.25) is 11.8 Å². The van der Waals surface area contributed by atoms with Gasteiger partial charge < -0.3 is 5.32 Å². The van der Waals surface area contributed by atoms with Crippen molar-refractivity contribution in [1.29, 1.82) is 0 Å². The van der Waals surface area contributed by atoms with Crippen molar-refractivity contribution in [2.45, 2.75) is 147 Å². The van der Waals surface area contributed by atoms with Crippen LogP contribution in [0.1, 0.15) is 142 Å². The van der Waals surface area contributed by atoms with Gasteiger partial charge in [0, 0.05) is 18.5 Å². The number of hydrogen-bond donors (Lipinski definition) is 2. The van der Waals surface area contributed by atoms with Crippen molar-refractivity contribution in [1.82, 2.24) is 4.72 Å². The van der Waals surface area contributed by atoms with Crippen LogP contribution in [0.15, 0.2) is 29.2 Å². The van der Waals surface area contributed by atoms with Crippen molar-refractivity contribution in [2.75, 3.05) is 5.32 Å². The molecule has 7 heteroatoms. The van der Waals surface area contributed by atoms with E-state index in [-0.39, 0.29) is 17.2 Å². The Labute approximate surface area is 226 Å². The van der Waals surface area contributed by atoms with Crippen molar-refractivity contribution in [3.63, 3.8) is 0 Å². The Morgan fingerprint density at radius 3 is 1.38 bits per heavy atom. The van der Waals surface area contributed by atoms with Crippen molar-refractivity contribution in [3.8, 4) is 0 Å². The van der Waals surface area contributed by atoms with Gasteiger partial charge in [0.25, 0.3) is 10.0 Å². The number of benzene rings is 1. The highest BCUT2D eigenvalue weighted by Gasteiger charge is 2.17. The first-order valence-electron chi connectivity index (χ1n) is 14.8. The third kappa shape index (κ3) is 17.3. The number of rotatable bonds is 23. The van der Waals surface area contributed by atoms with E-state index < -0.39 is 15.9 Å². The molecule has 1 aromatic rings. The highest BCUT2D eigenvalue weighted by atomic mass is 32.2. The van der Waals surface area contributed by atoms with E-state index in [0.29, 0.717) is 18.5 Å². The Morgan fingerprint density at radius 1 is 0.568 bits per heavy atom. The number of unbranched alkanes of at least 4 members (excludes halogenated alkanes) is 16. The molecule has 212 valence electrons. The first-order chi connectivity index (χ1) is 17.9. The summed E-state index contributed by atoms with van der Waals surface area (Å²) in [6, 6.07) is 5.96. The molecule has 0 aliphatic heterocycles. The van der Waals surface area contributed by atoms with Crippen LogP contribution in [0.25, 0.3) is 0 Å². The van der Waals surface area contributed by atoms with Gasteiger partial charge in [-0.3, -0.25) is 9.59 Å². The molecule has 0 atom stereocenters. The molecule has 2 N–H and O–H groups in total. The minimum absolute atomic E-state index is 0.0184. The number of amides is 2. The monoisotopic (exact) mass is 536 g/mol. The summed E-state index contributed by atoms with van der Waals surface area (Å²) in [5.41, 5.74) is 0.556. The number of carbonyl (C=O) groups is 2. The molecule has 0 radical (unpaired) electrons. The molecule has 0 aliphatic carbocycles. The van der Waals surface area contributed by atoms with Crippen molar-refractivity contribution in [2.24, 2.45) is 0 Å². The fourth-order valence-electron chi connectivity index (χ4n) is 4.39. The first kappa shape index (κ1) is 33.1. The van der Waals surface area contributed by atoms with Gasteiger partial charge in [-0.15, -0.1) is 0 Å². The fraction of sp³-hybridized carbons (Fsp3) is 0.733. The number of carbonyl (C=O) groups excluding carboxylic acids is 2. The van der Waals surface area contributed by atoms with E-state index in [1.54, 1.807) is 12.1 Å². The van der Waals surface area contributed by atoms with Crippen LogP contribution in [0.5, 0.6) is 0 Å². The lowest BCUT2D eigenvalue weighted by Crippen LogP contribution is -2.30. The maximum atomic E-state index is 12.5. The molecule has 2 amide bonds. The highest BCUT2D eigenvalue weighted by Crippen LogP contribution is 2.16. The van der Waals surface area contributed by atoms with Crippen molar-refractivity contribution >= 4 is 27.5 Å². The van der Waals surface area contributed by atoms with Crippen LogP contribution in [0.4, 0.5) is 5.69 Å². The van der Waals surface area contributed by atoms with Gasteiger partial charge in [0.1, 0.15) is 0 Å². The molecule has 0 unspecified atom stereocenters. The van der Waals surface area contributed by atoms with E-state index >= 15 is 0 Å². The number of hydrogen-bond acceptors (Lipinski definition) is 4. The molecule has 0 aliphatic rings. The summed E-state index contributed by atoms with van der Waals surface area (Å²) in [5.74, 6) is -0.533. The second kappa shape index (κ2) is 21.1. The molecule has 6 nitrogen and oxygen atoms in total. The summed E-state index contributed by atoms with van der Waals surface area (Å²) in [6.45, 7) is 4.43. The standard InChI is InChI=1S/C30H52N2O4S/c1-3-5-7-9-11-13-15-17-19-21-29(33)31-27-23-25-28(26-24-27)37(35,36)32-30(34)22-20-18-16-14-12-10-8-6-4-2/h23-26H,3-22H2,1-2H3,(H,31,33)(H,32,34). The summed E-state index contributed by atoms with van der Waals surface area (Å²) >= 11 is 0. The first-order valence-corrected chi connectivity index (χ1v) is 16.3. The molecule has 0 saturated carbocycles. The summed E-state index contributed by atoms with van der Waals surface area (Å²) in [6.07, 6.45) is 21.7. The molecule has 0 fully saturated rings. The highest BCUT2D eigenvalue weighted by molar-refractivity contribution is 7.90. The zero-order valence-corrected chi connectivity index (χ0v) is 24.3. The van der Waals surface area contributed by atoms with Crippen LogP contribution in [0, 0.1) is 0 Å². The predicted octanol–water partition coefficient (Wildman–Crippen LogP) is 8.27. The summed E-state index contributed by atoms with van der Waals surface area (Å²) in [5, 5.41) is 2.82. The minimum Gasteiger partial charge on any atom is -0.326 e. The Hall–Kier alpha value is -1.89. The van der Waals surface area contributed by atoms with Gasteiger partial charge >= 0.3 is 0 Å². The third-order valence-electron chi connectivity index (χ3n) is 6.71. The van der Waals surface area contributed by atoms with Crippen molar-refractivity contribution < 1.29 is 18.0 Å². The van der Waals surface area contributed by atoms with Gasteiger partial charge in [-0.2, -0.15) is 0 Å². The van der Waals surface area contributed by atoms with Crippen LogP contribution >= 0.6 is 0 Å². The third-order valence-corrected chi connectivity index (χ3v) is 8.10. The van der Waals surface area contributed by atoms with E-state index in [1.165, 1.54) is 89.2 Å². The maximum Gasteiger partial charge on any atom is 0.264 e. The van der Waals surface area contributed by atoms with E-state index in [4.69, 9.17) is 0 Å². The van der Waals surface area contributed by atoms with Crippen LogP contribution < -0.4 is 10.0 Å². The largest absolute Gasteiger partial charge is 0.326 e. The molecule has 1 aromatic carbocycles. The minimum atomic E-state index is -3.91. The zero-order chi connectivity index (χ0) is 27.2. The van der Waals surface area contributed by atoms with E-state index in [9.17, 15) is 18.0 Å². The molecule has 0 heterocycles. The molecule has 37 heavy (non-hydrogen) atoms. The molecule has 0 spiro atoms. The Balaban J connectivity index is 2.23. The van der Waals surface area contributed by atoms with Crippen LogP contribution in [-0.2, 0) is 19.6 Å². The summed E-state index contributed by atoms with van der Waals surface area (Å²) in [7, 11) is -3.91. The van der Waals surface area contributed by atoms with Gasteiger partial charge in [-0.05, 0) is 37.1 Å². The maximum absolute atomic E-state index is 12.5. The molecule has 0 saturated heterocycles.